The first-order valence-corrected chi connectivity index (χ1v) is 11.5. The summed E-state index contributed by atoms with van der Waals surface area (Å²) in [6.07, 6.45) is 2.34. The zero-order valence-corrected chi connectivity index (χ0v) is 19.5. The van der Waals surface area contributed by atoms with Crippen molar-refractivity contribution in [1.29, 1.82) is 5.26 Å². The van der Waals surface area contributed by atoms with E-state index < -0.39 is 5.91 Å². The minimum Gasteiger partial charge on any atom is -0.459 e. The van der Waals surface area contributed by atoms with E-state index in [1.807, 2.05) is 0 Å². The maximum atomic E-state index is 13.2. The van der Waals surface area contributed by atoms with E-state index >= 15 is 0 Å². The number of anilines is 2. The average molecular weight is 493 g/mol. The summed E-state index contributed by atoms with van der Waals surface area (Å²) in [5, 5.41) is 20.0. The van der Waals surface area contributed by atoms with Crippen LogP contribution in [0.5, 0.6) is 0 Å². The lowest BCUT2D eigenvalue weighted by atomic mass is 10.1. The standard InChI is InChI=1S/C24H21FN6O3S/c1-14-12-20(29-23(32)19-5-3-11-34-19)35-21(14)24(33)28-10-2-4-18-17(13-26)22(27)31(30-18)16-8-6-15(25)7-9-16/h3,5-9,11-12H,2,4,10,27H2,1H3,(H,28,33)(H,29,32). The van der Waals surface area contributed by atoms with Crippen LogP contribution in [-0.2, 0) is 6.42 Å². The van der Waals surface area contributed by atoms with Crippen LogP contribution in [0.1, 0.15) is 43.5 Å². The number of nitrogens with one attached hydrogen (secondary N) is 2. The summed E-state index contributed by atoms with van der Waals surface area (Å²) in [6, 6.07) is 12.6. The lowest BCUT2D eigenvalue weighted by molar-refractivity contribution is 0.0955. The number of thiophene rings is 1. The molecule has 4 rings (SSSR count). The maximum absolute atomic E-state index is 13.2. The number of benzene rings is 1. The number of amides is 2. The van der Waals surface area contributed by atoms with E-state index in [0.29, 0.717) is 40.6 Å². The molecule has 0 bridgehead atoms. The number of furan rings is 1. The van der Waals surface area contributed by atoms with E-state index in [1.54, 1.807) is 25.1 Å². The lowest BCUT2D eigenvalue weighted by Crippen LogP contribution is -2.24. The van der Waals surface area contributed by atoms with Gasteiger partial charge in [0, 0.05) is 6.54 Å². The summed E-state index contributed by atoms with van der Waals surface area (Å²) in [4.78, 5) is 25.3. The fraction of sp³-hybridized carbons (Fsp3) is 0.167. The van der Waals surface area contributed by atoms with Crippen molar-refractivity contribution < 1.29 is 18.4 Å². The van der Waals surface area contributed by atoms with Crippen LogP contribution >= 0.6 is 11.3 Å². The van der Waals surface area contributed by atoms with Crippen LogP contribution in [-0.4, -0.2) is 28.1 Å². The van der Waals surface area contributed by atoms with Gasteiger partial charge in [-0.25, -0.2) is 9.07 Å². The summed E-state index contributed by atoms with van der Waals surface area (Å²) in [5.41, 5.74) is 8.11. The Morgan fingerprint density at radius 2 is 2.03 bits per heavy atom. The number of aryl methyl sites for hydroxylation is 2. The van der Waals surface area contributed by atoms with Gasteiger partial charge < -0.3 is 20.8 Å². The number of carbonyl (C=O) groups is 2. The topological polar surface area (TPSA) is 139 Å². The van der Waals surface area contributed by atoms with Crippen molar-refractivity contribution in [3.8, 4) is 11.8 Å². The van der Waals surface area contributed by atoms with Crippen molar-refractivity contribution in [3.63, 3.8) is 0 Å². The van der Waals surface area contributed by atoms with Gasteiger partial charge in [-0.3, -0.25) is 9.59 Å². The molecule has 2 amide bonds. The minimum atomic E-state index is -0.393. The van der Waals surface area contributed by atoms with Crippen LogP contribution in [0.3, 0.4) is 0 Å². The van der Waals surface area contributed by atoms with Gasteiger partial charge in [0.25, 0.3) is 11.8 Å². The van der Waals surface area contributed by atoms with Crippen molar-refractivity contribution in [2.24, 2.45) is 0 Å². The third-order valence-corrected chi connectivity index (χ3v) is 6.31. The van der Waals surface area contributed by atoms with Crippen LogP contribution in [0.2, 0.25) is 0 Å². The largest absolute Gasteiger partial charge is 0.459 e. The van der Waals surface area contributed by atoms with Gasteiger partial charge in [-0.05, 0) is 67.8 Å². The highest BCUT2D eigenvalue weighted by Crippen LogP contribution is 2.27. The molecule has 0 aliphatic heterocycles. The third-order valence-electron chi connectivity index (χ3n) is 5.16. The van der Waals surface area contributed by atoms with E-state index in [1.165, 1.54) is 46.5 Å². The number of halogens is 1. The van der Waals surface area contributed by atoms with Crippen LogP contribution in [0, 0.1) is 24.1 Å². The van der Waals surface area contributed by atoms with Crippen molar-refractivity contribution >= 4 is 34.0 Å². The van der Waals surface area contributed by atoms with E-state index in [2.05, 4.69) is 21.8 Å². The Kier molecular flexibility index (Phi) is 6.93. The second-order valence-electron chi connectivity index (χ2n) is 7.62. The predicted molar refractivity (Wildman–Crippen MR) is 129 cm³/mol. The zero-order valence-electron chi connectivity index (χ0n) is 18.7. The molecular weight excluding hydrogens is 471 g/mol. The Bertz CT molecular complexity index is 1400. The van der Waals surface area contributed by atoms with Gasteiger partial charge >= 0.3 is 0 Å². The highest BCUT2D eigenvalue weighted by Gasteiger charge is 2.18. The summed E-state index contributed by atoms with van der Waals surface area (Å²) < 4.78 is 19.7. The monoisotopic (exact) mass is 492 g/mol. The Morgan fingerprint density at radius 1 is 1.26 bits per heavy atom. The van der Waals surface area contributed by atoms with Gasteiger partial charge in [0.1, 0.15) is 23.3 Å². The van der Waals surface area contributed by atoms with E-state index in [-0.39, 0.29) is 28.9 Å². The maximum Gasteiger partial charge on any atom is 0.291 e. The van der Waals surface area contributed by atoms with Gasteiger partial charge in [0.05, 0.1) is 27.5 Å². The summed E-state index contributed by atoms with van der Waals surface area (Å²) in [7, 11) is 0. The Labute approximate surface area is 204 Å². The molecule has 0 fully saturated rings. The normalized spacial score (nSPS) is 10.7. The number of nitrogens with zero attached hydrogens (tertiary/aromatic N) is 3. The van der Waals surface area contributed by atoms with Gasteiger partial charge in [0.2, 0.25) is 0 Å². The number of aromatic nitrogens is 2. The van der Waals surface area contributed by atoms with Crippen LogP contribution < -0.4 is 16.4 Å². The average Bonchev–Trinajstić information content (AvgIpc) is 3.57. The molecule has 4 aromatic rings. The fourth-order valence-corrected chi connectivity index (χ4v) is 4.43. The molecule has 178 valence electrons. The molecule has 0 radical (unpaired) electrons. The first-order chi connectivity index (χ1) is 16.9. The SMILES string of the molecule is Cc1cc(NC(=O)c2ccco2)sc1C(=O)NCCCc1nn(-c2ccc(F)cc2)c(N)c1C#N. The Balaban J connectivity index is 1.34. The van der Waals surface area contributed by atoms with E-state index in [9.17, 15) is 19.2 Å². The third kappa shape index (κ3) is 5.23. The van der Waals surface area contributed by atoms with Gasteiger partial charge in [-0.15, -0.1) is 11.3 Å². The second kappa shape index (κ2) is 10.2. The Hall–Kier alpha value is -4.43. The molecule has 0 aliphatic carbocycles. The van der Waals surface area contributed by atoms with Gasteiger partial charge in [-0.1, -0.05) is 0 Å². The Morgan fingerprint density at radius 3 is 2.71 bits per heavy atom. The zero-order chi connectivity index (χ0) is 24.9. The van der Waals surface area contributed by atoms with Gasteiger partial charge in [0.15, 0.2) is 5.76 Å². The first kappa shape index (κ1) is 23.7. The summed E-state index contributed by atoms with van der Waals surface area (Å²) in [6.45, 7) is 2.14. The molecule has 0 saturated heterocycles. The number of rotatable bonds is 8. The summed E-state index contributed by atoms with van der Waals surface area (Å²) in [5.74, 6) is -0.680. The van der Waals surface area contributed by atoms with E-state index in [0.717, 1.165) is 5.56 Å². The summed E-state index contributed by atoms with van der Waals surface area (Å²) >= 11 is 1.17. The molecule has 0 unspecified atom stereocenters. The van der Waals surface area contributed by atoms with Crippen molar-refractivity contribution in [2.45, 2.75) is 19.8 Å². The molecule has 0 aliphatic rings. The lowest BCUT2D eigenvalue weighted by Gasteiger charge is -2.04. The number of hydrogen-bond donors (Lipinski definition) is 3. The highest BCUT2D eigenvalue weighted by atomic mass is 32.1. The minimum absolute atomic E-state index is 0.177. The predicted octanol–water partition coefficient (Wildman–Crippen LogP) is 4.04. The molecule has 3 heterocycles. The molecule has 35 heavy (non-hydrogen) atoms. The van der Waals surface area contributed by atoms with Crippen molar-refractivity contribution in [1.82, 2.24) is 15.1 Å². The molecular formula is C24H21FN6O3S. The molecule has 3 aromatic heterocycles. The van der Waals surface area contributed by atoms with Crippen LogP contribution in [0.25, 0.3) is 5.69 Å². The van der Waals surface area contributed by atoms with Crippen molar-refractivity contribution in [2.75, 3.05) is 17.6 Å². The number of nitrogens with two attached hydrogens (primary N) is 1. The molecule has 4 N–H and O–H groups in total. The quantitative estimate of drug-likeness (QED) is 0.317. The first-order valence-electron chi connectivity index (χ1n) is 10.6. The van der Waals surface area contributed by atoms with Crippen molar-refractivity contribution in [3.05, 3.63) is 82.0 Å². The molecule has 1 aromatic carbocycles. The number of nitrogen functional groups attached to an aromatic ring is 1. The molecule has 11 heteroatoms. The van der Waals surface area contributed by atoms with Gasteiger partial charge in [-0.2, -0.15) is 10.4 Å². The number of hydrogen-bond acceptors (Lipinski definition) is 7. The molecule has 0 atom stereocenters. The smallest absolute Gasteiger partial charge is 0.291 e. The van der Waals surface area contributed by atoms with Crippen LogP contribution in [0.15, 0.2) is 53.1 Å². The number of nitriles is 1. The molecule has 0 saturated carbocycles. The van der Waals surface area contributed by atoms with E-state index in [4.69, 9.17) is 10.2 Å². The highest BCUT2D eigenvalue weighted by molar-refractivity contribution is 7.18. The van der Waals surface area contributed by atoms with Crippen LogP contribution in [0.4, 0.5) is 15.2 Å². The molecule has 0 spiro atoms. The fourth-order valence-electron chi connectivity index (χ4n) is 3.44. The number of carbonyl (C=O) groups excluding carboxylic acids is 2. The molecule has 9 nitrogen and oxygen atoms in total. The second-order valence-corrected chi connectivity index (χ2v) is 8.67.